The maximum absolute atomic E-state index is 12.1. The average molecular weight is 553 g/mol. The minimum absolute atomic E-state index is 0.340. The first-order valence-corrected chi connectivity index (χ1v) is 17.6. The van der Waals surface area contributed by atoms with Crippen LogP contribution < -0.4 is 4.72 Å². The Kier molecular flexibility index (Phi) is 7.39. The van der Waals surface area contributed by atoms with Crippen LogP contribution in [-0.4, -0.2) is 66.9 Å². The number of nitrogens with zero attached hydrogens (tertiary/aromatic N) is 3. The lowest BCUT2D eigenvalue weighted by Gasteiger charge is -2.30. The van der Waals surface area contributed by atoms with Crippen LogP contribution in [0.15, 0.2) is 67.1 Å². The van der Waals surface area contributed by atoms with Gasteiger partial charge in [0, 0.05) is 34.9 Å². The van der Waals surface area contributed by atoms with E-state index in [-0.39, 0.29) is 5.41 Å². The number of rotatable bonds is 10. The summed E-state index contributed by atoms with van der Waals surface area (Å²) in [6.45, 7) is 1.52. The van der Waals surface area contributed by atoms with Gasteiger partial charge in [-0.2, -0.15) is 0 Å². The fourth-order valence-corrected chi connectivity index (χ4v) is 6.36. The molecule has 0 amide bonds. The van der Waals surface area contributed by atoms with E-state index in [1.54, 1.807) is 6.33 Å². The zero-order valence-corrected chi connectivity index (χ0v) is 24.1. The van der Waals surface area contributed by atoms with Crippen molar-refractivity contribution >= 4 is 31.1 Å². The Hall–Kier alpha value is -2.72. The third-order valence-corrected chi connectivity index (χ3v) is 9.28. The molecule has 202 valence electrons. The molecule has 1 N–H and O–H groups in total. The van der Waals surface area contributed by atoms with Gasteiger partial charge in [0.05, 0.1) is 18.6 Å². The standard InChI is InChI=1S/C29H36N4O3S2/c1-37(2,3)15-14-36-21-33-13-12-26-27(30-20-31-28(26)33)22-10-7-11-25(16-22)29(19-32-38(4,34)35)17-23-8-5-6-9-24(23)18-29/h5-13,16,20,32H,14-15,17-19,21H2,1-4H3. The summed E-state index contributed by atoms with van der Waals surface area (Å²) in [5, 5.41) is 0.965. The van der Waals surface area contributed by atoms with E-state index in [0.29, 0.717) is 13.3 Å². The lowest BCUT2D eigenvalue weighted by Crippen LogP contribution is -2.41. The molecule has 1 aliphatic rings. The highest BCUT2D eigenvalue weighted by atomic mass is 32.3. The van der Waals surface area contributed by atoms with Gasteiger partial charge in [-0.1, -0.05) is 42.5 Å². The van der Waals surface area contributed by atoms with Gasteiger partial charge < -0.3 is 9.30 Å². The summed E-state index contributed by atoms with van der Waals surface area (Å²) in [4.78, 5) is 9.21. The van der Waals surface area contributed by atoms with Gasteiger partial charge in [0.2, 0.25) is 10.0 Å². The molecule has 2 heterocycles. The molecule has 7 nitrogen and oxygen atoms in total. The van der Waals surface area contributed by atoms with Crippen molar-refractivity contribution in [3.05, 3.63) is 83.8 Å². The Bertz CT molecular complexity index is 1530. The number of sulfonamides is 1. The number of nitrogens with one attached hydrogen (secondary N) is 1. The highest BCUT2D eigenvalue weighted by Gasteiger charge is 2.39. The Morgan fingerprint density at radius 2 is 1.71 bits per heavy atom. The van der Waals surface area contributed by atoms with Crippen molar-refractivity contribution in [3.8, 4) is 11.3 Å². The molecule has 0 fully saturated rings. The maximum atomic E-state index is 12.1. The van der Waals surface area contributed by atoms with Crippen LogP contribution in [0.1, 0.15) is 16.7 Å². The summed E-state index contributed by atoms with van der Waals surface area (Å²) in [5.41, 5.74) is 5.94. The van der Waals surface area contributed by atoms with Crippen molar-refractivity contribution in [2.75, 3.05) is 43.9 Å². The molecule has 2 aromatic heterocycles. The lowest BCUT2D eigenvalue weighted by molar-refractivity contribution is 0.0923. The van der Waals surface area contributed by atoms with Crippen LogP contribution in [0.25, 0.3) is 22.3 Å². The van der Waals surface area contributed by atoms with E-state index < -0.39 is 20.1 Å². The SMILES string of the molecule is CS(C)(C)CCOCn1ccc2c(-c3cccc(C4(CNS(C)(=O)=O)Cc5ccccc5C4)c3)ncnc21. The summed E-state index contributed by atoms with van der Waals surface area (Å²) in [6.07, 6.45) is 13.3. The molecule has 0 aliphatic heterocycles. The molecule has 0 radical (unpaired) electrons. The van der Waals surface area contributed by atoms with Crippen molar-refractivity contribution < 1.29 is 13.2 Å². The molecule has 0 spiro atoms. The first kappa shape index (κ1) is 26.9. The van der Waals surface area contributed by atoms with Crippen LogP contribution in [0.5, 0.6) is 0 Å². The average Bonchev–Trinajstić information content (AvgIpc) is 3.46. The van der Waals surface area contributed by atoms with Crippen molar-refractivity contribution in [2.45, 2.75) is 25.0 Å². The van der Waals surface area contributed by atoms with Gasteiger partial charge in [0.1, 0.15) is 18.7 Å². The largest absolute Gasteiger partial charge is 0.360 e. The first-order valence-electron chi connectivity index (χ1n) is 12.7. The Balaban J connectivity index is 1.46. The molecule has 9 heteroatoms. The summed E-state index contributed by atoms with van der Waals surface area (Å²) in [6, 6.07) is 18.8. The van der Waals surface area contributed by atoms with E-state index in [1.807, 2.05) is 35.0 Å². The van der Waals surface area contributed by atoms with Gasteiger partial charge in [0.15, 0.2) is 0 Å². The molecule has 1 aliphatic carbocycles. The fraction of sp³-hybridized carbons (Fsp3) is 0.379. The number of hydrogen-bond donors (Lipinski definition) is 1. The lowest BCUT2D eigenvalue weighted by atomic mass is 9.77. The van der Waals surface area contributed by atoms with E-state index in [0.717, 1.165) is 53.1 Å². The van der Waals surface area contributed by atoms with E-state index >= 15 is 0 Å². The summed E-state index contributed by atoms with van der Waals surface area (Å²) in [7, 11) is -3.93. The van der Waals surface area contributed by atoms with E-state index in [2.05, 4.69) is 63.8 Å². The van der Waals surface area contributed by atoms with Crippen molar-refractivity contribution in [1.82, 2.24) is 19.3 Å². The second-order valence-corrected chi connectivity index (χ2v) is 17.6. The molecule has 0 bridgehead atoms. The van der Waals surface area contributed by atoms with Crippen LogP contribution in [0.3, 0.4) is 0 Å². The number of hydrogen-bond acceptors (Lipinski definition) is 5. The Morgan fingerprint density at radius 3 is 2.39 bits per heavy atom. The molecule has 0 atom stereocenters. The normalized spacial score (nSPS) is 15.6. The monoisotopic (exact) mass is 552 g/mol. The first-order chi connectivity index (χ1) is 18.0. The van der Waals surface area contributed by atoms with Crippen LogP contribution >= 0.6 is 10.0 Å². The predicted molar refractivity (Wildman–Crippen MR) is 158 cm³/mol. The molecular formula is C29H36N4O3S2. The van der Waals surface area contributed by atoms with E-state index in [4.69, 9.17) is 4.74 Å². The van der Waals surface area contributed by atoms with Crippen LogP contribution in [0.4, 0.5) is 0 Å². The molecule has 0 saturated heterocycles. The minimum Gasteiger partial charge on any atom is -0.360 e. The van der Waals surface area contributed by atoms with Gasteiger partial charge in [-0.25, -0.2) is 33.1 Å². The Morgan fingerprint density at radius 1 is 0.974 bits per heavy atom. The maximum Gasteiger partial charge on any atom is 0.208 e. The Labute approximate surface area is 227 Å². The number of aromatic nitrogens is 3. The van der Waals surface area contributed by atoms with Gasteiger partial charge in [-0.3, -0.25) is 0 Å². The summed E-state index contributed by atoms with van der Waals surface area (Å²) >= 11 is 0. The zero-order valence-electron chi connectivity index (χ0n) is 22.5. The van der Waals surface area contributed by atoms with Crippen molar-refractivity contribution in [2.24, 2.45) is 0 Å². The third kappa shape index (κ3) is 5.96. The molecule has 0 unspecified atom stereocenters. The smallest absolute Gasteiger partial charge is 0.208 e. The van der Waals surface area contributed by atoms with Gasteiger partial charge >= 0.3 is 0 Å². The number of fused-ring (bicyclic) bond motifs is 2. The zero-order chi connectivity index (χ0) is 27.0. The summed E-state index contributed by atoms with van der Waals surface area (Å²) < 4.78 is 34.9. The van der Waals surface area contributed by atoms with E-state index in [9.17, 15) is 8.42 Å². The highest BCUT2D eigenvalue weighted by molar-refractivity contribution is 8.32. The molecule has 38 heavy (non-hydrogen) atoms. The van der Waals surface area contributed by atoms with Gasteiger partial charge in [-0.15, -0.1) is 0 Å². The summed E-state index contributed by atoms with van der Waals surface area (Å²) in [5.74, 6) is 1.07. The van der Waals surface area contributed by atoms with Crippen LogP contribution in [-0.2, 0) is 39.7 Å². The van der Waals surface area contributed by atoms with Crippen molar-refractivity contribution in [3.63, 3.8) is 0 Å². The second-order valence-electron chi connectivity index (χ2n) is 11.2. The quantitative estimate of drug-likeness (QED) is 0.296. The molecular weight excluding hydrogens is 516 g/mol. The van der Waals surface area contributed by atoms with Crippen LogP contribution in [0.2, 0.25) is 0 Å². The molecule has 2 aromatic carbocycles. The van der Waals surface area contributed by atoms with Crippen molar-refractivity contribution in [1.29, 1.82) is 0 Å². The molecule has 5 rings (SSSR count). The minimum atomic E-state index is -3.34. The van der Waals surface area contributed by atoms with Gasteiger partial charge in [-0.05, 0) is 60.4 Å². The van der Waals surface area contributed by atoms with E-state index in [1.165, 1.54) is 17.4 Å². The fourth-order valence-electron chi connectivity index (χ4n) is 5.20. The number of ether oxygens (including phenoxy) is 1. The van der Waals surface area contributed by atoms with Crippen LogP contribution in [0, 0.1) is 0 Å². The second kappa shape index (κ2) is 10.4. The van der Waals surface area contributed by atoms with Gasteiger partial charge in [0.25, 0.3) is 0 Å². The predicted octanol–water partition coefficient (Wildman–Crippen LogP) is 4.35. The molecule has 0 saturated carbocycles. The third-order valence-electron chi connectivity index (χ3n) is 7.22. The number of benzene rings is 2. The molecule has 4 aromatic rings. The highest BCUT2D eigenvalue weighted by Crippen LogP contribution is 2.41. The topological polar surface area (TPSA) is 86.1 Å².